The van der Waals surface area contributed by atoms with Gasteiger partial charge in [0.05, 0.1) is 0 Å². The minimum absolute atomic E-state index is 0.0569. The molecule has 2 amide bonds. The van der Waals surface area contributed by atoms with Gasteiger partial charge >= 0.3 is 0 Å². The molecule has 1 aliphatic carbocycles. The molecule has 0 radical (unpaired) electrons. The van der Waals surface area contributed by atoms with E-state index in [0.717, 1.165) is 11.3 Å². The first-order valence-corrected chi connectivity index (χ1v) is 10.1. The van der Waals surface area contributed by atoms with Crippen LogP contribution < -0.4 is 10.6 Å². The topological polar surface area (TPSA) is 58.2 Å². The lowest BCUT2D eigenvalue weighted by Gasteiger charge is -2.37. The maximum absolute atomic E-state index is 13.1. The summed E-state index contributed by atoms with van der Waals surface area (Å²) in [6, 6.07) is 0. The van der Waals surface area contributed by atoms with Crippen LogP contribution in [-0.4, -0.2) is 18.9 Å². The summed E-state index contributed by atoms with van der Waals surface area (Å²) in [5, 5.41) is 5.82. The van der Waals surface area contributed by atoms with Crippen molar-refractivity contribution in [2.45, 2.75) is 75.7 Å². The molecule has 1 atom stereocenters. The smallest absolute Gasteiger partial charge is 0.230 e. The van der Waals surface area contributed by atoms with Gasteiger partial charge in [-0.1, -0.05) is 67.5 Å². The Morgan fingerprint density at radius 2 is 1.46 bits per heavy atom. The molecule has 2 N–H and O–H groups in total. The van der Waals surface area contributed by atoms with Crippen LogP contribution in [0.3, 0.4) is 0 Å². The molecule has 1 aliphatic rings. The number of carbonyl (C=O) groups excluding carboxylic acids is 2. The molecule has 0 aromatic carbocycles. The Morgan fingerprint density at radius 3 is 1.93 bits per heavy atom. The number of nitrogens with one attached hydrogen (secondary N) is 2. The minimum Gasteiger partial charge on any atom is -0.359 e. The van der Waals surface area contributed by atoms with Crippen molar-refractivity contribution in [3.05, 3.63) is 35.1 Å². The molecule has 0 fully saturated rings. The third-order valence-corrected chi connectivity index (χ3v) is 6.31. The van der Waals surface area contributed by atoms with E-state index in [1.165, 1.54) is 5.57 Å². The number of hydrogen-bond donors (Lipinski definition) is 2. The zero-order valence-corrected chi connectivity index (χ0v) is 19.8. The van der Waals surface area contributed by atoms with Crippen molar-refractivity contribution in [3.63, 3.8) is 0 Å². The van der Waals surface area contributed by atoms with Crippen LogP contribution in [-0.2, 0) is 9.59 Å². The predicted molar refractivity (Wildman–Crippen MR) is 118 cm³/mol. The van der Waals surface area contributed by atoms with Gasteiger partial charge in [0.2, 0.25) is 11.8 Å². The van der Waals surface area contributed by atoms with Gasteiger partial charge in [0, 0.05) is 29.0 Å². The first-order chi connectivity index (χ1) is 12.5. The highest BCUT2D eigenvalue weighted by molar-refractivity contribution is 5.86. The fourth-order valence-corrected chi connectivity index (χ4v) is 3.70. The fraction of sp³-hybridized carbons (Fsp3) is 0.667. The van der Waals surface area contributed by atoms with Crippen molar-refractivity contribution in [1.82, 2.24) is 10.6 Å². The third-order valence-electron chi connectivity index (χ3n) is 6.31. The van der Waals surface area contributed by atoms with Crippen molar-refractivity contribution in [1.29, 1.82) is 0 Å². The zero-order valence-electron chi connectivity index (χ0n) is 19.8. The molecule has 28 heavy (non-hydrogen) atoms. The molecule has 0 saturated carbocycles. The summed E-state index contributed by atoms with van der Waals surface area (Å²) in [4.78, 5) is 25.3. The maximum Gasteiger partial charge on any atom is 0.230 e. The van der Waals surface area contributed by atoms with Crippen LogP contribution in [0.25, 0.3) is 0 Å². The molecular weight excluding hydrogens is 348 g/mol. The van der Waals surface area contributed by atoms with Crippen molar-refractivity contribution >= 4 is 11.8 Å². The van der Waals surface area contributed by atoms with E-state index in [-0.39, 0.29) is 22.6 Å². The van der Waals surface area contributed by atoms with Crippen LogP contribution in [0.15, 0.2) is 35.1 Å². The number of allylic oxidation sites excluding steroid dienone is 5. The van der Waals surface area contributed by atoms with Gasteiger partial charge in [-0.25, -0.2) is 0 Å². The average Bonchev–Trinajstić information content (AvgIpc) is 2.64. The van der Waals surface area contributed by atoms with E-state index in [0.29, 0.717) is 6.42 Å². The van der Waals surface area contributed by atoms with Crippen molar-refractivity contribution in [2.75, 3.05) is 7.05 Å². The molecule has 0 aromatic heterocycles. The molecular formula is C24H40N2O2. The van der Waals surface area contributed by atoms with E-state index in [1.54, 1.807) is 7.05 Å². The summed E-state index contributed by atoms with van der Waals surface area (Å²) in [7, 11) is 1.63. The van der Waals surface area contributed by atoms with Gasteiger partial charge in [-0.15, -0.1) is 0 Å². The van der Waals surface area contributed by atoms with E-state index < -0.39 is 10.8 Å². The number of rotatable bonds is 5. The standard InChI is InChI=1S/C24H40N2O2/c1-16-14-24(10,21(3,4)5)13-12-18(17(16)2)26-20(28)23(8,9)15-22(6,7)19(27)25-11/h12-14H,15H2,1-11H3,(H,25,27)(H,26,28). The Bertz CT molecular complexity index is 730. The molecule has 0 aliphatic heterocycles. The van der Waals surface area contributed by atoms with Crippen LogP contribution in [0.5, 0.6) is 0 Å². The van der Waals surface area contributed by atoms with Crippen LogP contribution in [0.1, 0.15) is 75.7 Å². The summed E-state index contributed by atoms with van der Waals surface area (Å²) >= 11 is 0. The fourth-order valence-electron chi connectivity index (χ4n) is 3.70. The monoisotopic (exact) mass is 388 g/mol. The van der Waals surface area contributed by atoms with E-state index in [4.69, 9.17) is 0 Å². The van der Waals surface area contributed by atoms with E-state index in [1.807, 2.05) is 40.7 Å². The molecule has 4 heteroatoms. The van der Waals surface area contributed by atoms with Crippen LogP contribution in [0.4, 0.5) is 0 Å². The van der Waals surface area contributed by atoms with Crippen molar-refractivity contribution in [3.8, 4) is 0 Å². The van der Waals surface area contributed by atoms with Gasteiger partial charge in [-0.2, -0.15) is 0 Å². The lowest BCUT2D eigenvalue weighted by Crippen LogP contribution is -2.44. The molecule has 158 valence electrons. The van der Waals surface area contributed by atoms with Crippen molar-refractivity contribution in [2.24, 2.45) is 21.7 Å². The van der Waals surface area contributed by atoms with Gasteiger partial charge in [-0.05, 0) is 42.9 Å². The van der Waals surface area contributed by atoms with Crippen LogP contribution in [0.2, 0.25) is 0 Å². The van der Waals surface area contributed by atoms with Crippen LogP contribution >= 0.6 is 0 Å². The molecule has 0 spiro atoms. The third kappa shape index (κ3) is 5.15. The second-order valence-electron chi connectivity index (χ2n) is 10.7. The Balaban J connectivity index is 3.14. The lowest BCUT2D eigenvalue weighted by atomic mass is 9.67. The first-order valence-electron chi connectivity index (χ1n) is 10.1. The average molecular weight is 389 g/mol. The second kappa shape index (κ2) is 7.88. The summed E-state index contributed by atoms with van der Waals surface area (Å²) < 4.78 is 0. The van der Waals surface area contributed by atoms with Crippen molar-refractivity contribution < 1.29 is 9.59 Å². The minimum atomic E-state index is -0.686. The molecule has 0 heterocycles. The summed E-state index contributed by atoms with van der Waals surface area (Å²) in [5.74, 6) is -0.131. The van der Waals surface area contributed by atoms with Crippen LogP contribution in [0, 0.1) is 21.7 Å². The van der Waals surface area contributed by atoms with Gasteiger partial charge < -0.3 is 10.6 Å². The first kappa shape index (κ1) is 24.2. The summed E-state index contributed by atoms with van der Waals surface area (Å²) in [6.45, 7) is 20.6. The molecule has 0 bridgehead atoms. The van der Waals surface area contributed by atoms with Gasteiger partial charge in [-0.3, -0.25) is 9.59 Å². The molecule has 0 aromatic rings. The molecule has 1 unspecified atom stereocenters. The normalized spacial score (nSPS) is 21.2. The zero-order chi connectivity index (χ0) is 22.1. The largest absolute Gasteiger partial charge is 0.359 e. The Hall–Kier alpha value is -1.84. The quantitative estimate of drug-likeness (QED) is 0.685. The Kier molecular flexibility index (Phi) is 6.81. The predicted octanol–water partition coefficient (Wildman–Crippen LogP) is 5.13. The van der Waals surface area contributed by atoms with Gasteiger partial charge in [0.1, 0.15) is 0 Å². The molecule has 1 rings (SSSR count). The Labute approximate surface area is 171 Å². The van der Waals surface area contributed by atoms with Gasteiger partial charge in [0.15, 0.2) is 0 Å². The SMILES string of the molecule is CNC(=O)C(C)(C)CC(C)(C)C(=O)NC1=C(C)C(C)=CC(C)(C(C)(C)C)C=C1. The molecule has 0 saturated heterocycles. The van der Waals surface area contributed by atoms with E-state index in [2.05, 4.69) is 57.4 Å². The summed E-state index contributed by atoms with van der Waals surface area (Å²) in [5.41, 5.74) is 1.70. The number of hydrogen-bond acceptors (Lipinski definition) is 2. The van der Waals surface area contributed by atoms with Gasteiger partial charge in [0.25, 0.3) is 0 Å². The second-order valence-corrected chi connectivity index (χ2v) is 10.7. The van der Waals surface area contributed by atoms with E-state index >= 15 is 0 Å². The Morgan fingerprint density at radius 1 is 0.964 bits per heavy atom. The maximum atomic E-state index is 13.1. The highest BCUT2D eigenvalue weighted by Gasteiger charge is 2.39. The highest BCUT2D eigenvalue weighted by Crippen LogP contribution is 2.44. The number of amides is 2. The van der Waals surface area contributed by atoms with E-state index in [9.17, 15) is 9.59 Å². The highest BCUT2D eigenvalue weighted by atomic mass is 16.2. The molecule has 4 nitrogen and oxygen atoms in total. The lowest BCUT2D eigenvalue weighted by molar-refractivity contribution is -0.135. The number of carbonyl (C=O) groups is 2. The summed E-state index contributed by atoms with van der Waals surface area (Å²) in [6.07, 6.45) is 6.96.